The van der Waals surface area contributed by atoms with Gasteiger partial charge in [0.2, 0.25) is 5.91 Å². The molecule has 1 aromatic carbocycles. The molecule has 0 aromatic heterocycles. The molecule has 2 aliphatic heterocycles. The van der Waals surface area contributed by atoms with E-state index in [9.17, 15) is 9.59 Å². The lowest BCUT2D eigenvalue weighted by atomic mass is 10.1. The van der Waals surface area contributed by atoms with Gasteiger partial charge in [0.15, 0.2) is 0 Å². The maximum Gasteiger partial charge on any atom is 0.253 e. The van der Waals surface area contributed by atoms with E-state index in [4.69, 9.17) is 4.74 Å². The number of rotatable bonds is 6. The molecule has 0 aliphatic carbocycles. The first kappa shape index (κ1) is 16.9. The Morgan fingerprint density at radius 2 is 2.17 bits per heavy atom. The number of carbonyl (C=O) groups is 2. The second kappa shape index (κ2) is 8.26. The van der Waals surface area contributed by atoms with Crippen LogP contribution in [-0.2, 0) is 20.9 Å². The van der Waals surface area contributed by atoms with Crippen molar-refractivity contribution in [3.8, 4) is 0 Å². The Kier molecular flexibility index (Phi) is 5.82. The summed E-state index contributed by atoms with van der Waals surface area (Å²) < 4.78 is 5.38. The molecule has 2 fully saturated rings. The first-order valence-corrected chi connectivity index (χ1v) is 8.72. The summed E-state index contributed by atoms with van der Waals surface area (Å²) in [5, 5.41) is 9.15. The molecule has 6 nitrogen and oxygen atoms in total. The van der Waals surface area contributed by atoms with Crippen LogP contribution in [0.5, 0.6) is 0 Å². The van der Waals surface area contributed by atoms with Gasteiger partial charge in [-0.15, -0.1) is 0 Å². The number of hydrogen-bond donors (Lipinski definition) is 3. The van der Waals surface area contributed by atoms with Crippen LogP contribution in [0.25, 0.3) is 0 Å². The molecule has 3 N–H and O–H groups in total. The van der Waals surface area contributed by atoms with Crippen LogP contribution in [0, 0.1) is 0 Å². The first-order chi connectivity index (χ1) is 11.7. The molecule has 2 unspecified atom stereocenters. The van der Waals surface area contributed by atoms with E-state index in [2.05, 4.69) is 16.0 Å². The van der Waals surface area contributed by atoms with Crippen molar-refractivity contribution in [2.45, 2.75) is 50.8 Å². The third kappa shape index (κ3) is 4.79. The van der Waals surface area contributed by atoms with Crippen LogP contribution in [0.1, 0.15) is 37.7 Å². The van der Waals surface area contributed by atoms with Crippen LogP contribution in [0.15, 0.2) is 24.3 Å². The predicted octanol–water partition coefficient (Wildman–Crippen LogP) is 1.56. The van der Waals surface area contributed by atoms with Gasteiger partial charge in [-0.2, -0.15) is 0 Å². The smallest absolute Gasteiger partial charge is 0.253 e. The minimum Gasteiger partial charge on any atom is -0.368 e. The van der Waals surface area contributed by atoms with E-state index in [1.807, 2.05) is 24.3 Å². The van der Waals surface area contributed by atoms with Crippen molar-refractivity contribution in [1.82, 2.24) is 10.6 Å². The molecular formula is C18H25N3O3. The number of carbonyl (C=O) groups excluding carboxylic acids is 2. The number of amides is 2. The van der Waals surface area contributed by atoms with Crippen LogP contribution in [0.3, 0.4) is 0 Å². The second-order valence-corrected chi connectivity index (χ2v) is 6.47. The topological polar surface area (TPSA) is 79.5 Å². The Balaban J connectivity index is 1.47. The average Bonchev–Trinajstić information content (AvgIpc) is 3.27. The molecule has 0 radical (unpaired) electrons. The average molecular weight is 331 g/mol. The van der Waals surface area contributed by atoms with Gasteiger partial charge in [0.25, 0.3) is 5.91 Å². The molecule has 1 aromatic rings. The Morgan fingerprint density at radius 3 is 2.92 bits per heavy atom. The van der Waals surface area contributed by atoms with E-state index in [-0.39, 0.29) is 17.9 Å². The number of hydrogen-bond acceptors (Lipinski definition) is 4. The lowest BCUT2D eigenvalue weighted by molar-refractivity contribution is -0.124. The van der Waals surface area contributed by atoms with Crippen molar-refractivity contribution in [2.75, 3.05) is 18.5 Å². The number of anilines is 1. The molecule has 0 bridgehead atoms. The highest BCUT2D eigenvalue weighted by Crippen LogP contribution is 2.16. The Bertz CT molecular complexity index is 579. The van der Waals surface area contributed by atoms with Gasteiger partial charge in [-0.05, 0) is 49.9 Å². The minimum absolute atomic E-state index is 0.0585. The second-order valence-electron chi connectivity index (χ2n) is 6.47. The molecule has 0 saturated carbocycles. The maximum atomic E-state index is 12.1. The van der Waals surface area contributed by atoms with E-state index in [0.717, 1.165) is 43.5 Å². The lowest BCUT2D eigenvalue weighted by Gasteiger charge is -2.13. The zero-order chi connectivity index (χ0) is 16.8. The Morgan fingerprint density at radius 1 is 1.25 bits per heavy atom. The van der Waals surface area contributed by atoms with Gasteiger partial charge in [-0.3, -0.25) is 9.59 Å². The third-order valence-electron chi connectivity index (χ3n) is 4.50. The van der Waals surface area contributed by atoms with Crippen LogP contribution >= 0.6 is 0 Å². The van der Waals surface area contributed by atoms with Gasteiger partial charge in [0.1, 0.15) is 6.10 Å². The number of ether oxygens (including phenoxy) is 1. The molecule has 2 amide bonds. The van der Waals surface area contributed by atoms with Crippen molar-refractivity contribution in [1.29, 1.82) is 0 Å². The number of nitrogens with one attached hydrogen (secondary N) is 3. The minimum atomic E-state index is -0.340. The van der Waals surface area contributed by atoms with E-state index >= 15 is 0 Å². The summed E-state index contributed by atoms with van der Waals surface area (Å²) in [5.74, 6) is -0.0378. The third-order valence-corrected chi connectivity index (χ3v) is 4.50. The summed E-state index contributed by atoms with van der Waals surface area (Å²) in [6.45, 7) is 2.12. The summed E-state index contributed by atoms with van der Waals surface area (Å²) in [7, 11) is 0. The highest BCUT2D eigenvalue weighted by atomic mass is 16.5. The predicted molar refractivity (Wildman–Crippen MR) is 91.5 cm³/mol. The largest absolute Gasteiger partial charge is 0.368 e. The fraction of sp³-hybridized carbons (Fsp3) is 0.556. The quantitative estimate of drug-likeness (QED) is 0.739. The van der Waals surface area contributed by atoms with Crippen molar-refractivity contribution in [2.24, 2.45) is 0 Å². The summed E-state index contributed by atoms with van der Waals surface area (Å²) in [4.78, 5) is 24.0. The van der Waals surface area contributed by atoms with Gasteiger partial charge in [0.05, 0.1) is 0 Å². The molecule has 6 heteroatoms. The van der Waals surface area contributed by atoms with Crippen LogP contribution in [0.4, 0.5) is 5.69 Å². The SMILES string of the molecule is O=C(CC1CCCN1)NCc1cccc(NC(=O)C2CCCO2)c1. The van der Waals surface area contributed by atoms with Crippen molar-refractivity contribution in [3.05, 3.63) is 29.8 Å². The van der Waals surface area contributed by atoms with Crippen molar-refractivity contribution in [3.63, 3.8) is 0 Å². The molecule has 3 rings (SSSR count). The normalized spacial score (nSPS) is 23.2. The molecule has 2 aliphatic rings. The fourth-order valence-corrected chi connectivity index (χ4v) is 3.19. The highest BCUT2D eigenvalue weighted by molar-refractivity contribution is 5.94. The zero-order valence-electron chi connectivity index (χ0n) is 13.8. The standard InChI is InChI=1S/C18H25N3O3/c22-17(11-14-6-2-8-19-14)20-12-13-4-1-5-15(10-13)21-18(23)16-7-3-9-24-16/h1,4-5,10,14,16,19H,2-3,6-9,11-12H2,(H,20,22)(H,21,23). The lowest BCUT2D eigenvalue weighted by Crippen LogP contribution is -2.31. The highest BCUT2D eigenvalue weighted by Gasteiger charge is 2.23. The van der Waals surface area contributed by atoms with Gasteiger partial charge in [-0.25, -0.2) is 0 Å². The Hall–Kier alpha value is -1.92. The number of benzene rings is 1. The van der Waals surface area contributed by atoms with Crippen LogP contribution < -0.4 is 16.0 Å². The van der Waals surface area contributed by atoms with Gasteiger partial charge in [0, 0.05) is 31.3 Å². The first-order valence-electron chi connectivity index (χ1n) is 8.72. The maximum absolute atomic E-state index is 12.1. The van der Waals surface area contributed by atoms with E-state index in [1.54, 1.807) is 0 Å². The monoisotopic (exact) mass is 331 g/mol. The van der Waals surface area contributed by atoms with Gasteiger partial charge < -0.3 is 20.7 Å². The summed E-state index contributed by atoms with van der Waals surface area (Å²) in [6.07, 6.45) is 4.10. The van der Waals surface area contributed by atoms with E-state index in [0.29, 0.717) is 25.6 Å². The summed E-state index contributed by atoms with van der Waals surface area (Å²) in [6, 6.07) is 7.87. The molecule has 2 saturated heterocycles. The molecule has 24 heavy (non-hydrogen) atoms. The Labute approximate surface area is 142 Å². The van der Waals surface area contributed by atoms with Crippen molar-refractivity contribution < 1.29 is 14.3 Å². The summed E-state index contributed by atoms with van der Waals surface area (Å²) >= 11 is 0. The molecule has 2 atom stereocenters. The molecule has 0 spiro atoms. The van der Waals surface area contributed by atoms with E-state index < -0.39 is 0 Å². The zero-order valence-corrected chi connectivity index (χ0v) is 13.8. The van der Waals surface area contributed by atoms with Crippen molar-refractivity contribution >= 4 is 17.5 Å². The van der Waals surface area contributed by atoms with Gasteiger partial charge >= 0.3 is 0 Å². The molecule has 2 heterocycles. The summed E-state index contributed by atoms with van der Waals surface area (Å²) in [5.41, 5.74) is 1.70. The van der Waals surface area contributed by atoms with E-state index in [1.165, 1.54) is 0 Å². The van der Waals surface area contributed by atoms with Crippen LogP contribution in [0.2, 0.25) is 0 Å². The van der Waals surface area contributed by atoms with Crippen LogP contribution in [-0.4, -0.2) is 37.1 Å². The molecule has 130 valence electrons. The molecular weight excluding hydrogens is 306 g/mol. The fourth-order valence-electron chi connectivity index (χ4n) is 3.19. The van der Waals surface area contributed by atoms with Gasteiger partial charge in [-0.1, -0.05) is 12.1 Å².